The monoisotopic (exact) mass is 317 g/mol. The first-order chi connectivity index (χ1) is 11.2. The molecule has 0 aromatic heterocycles. The first-order valence-corrected chi connectivity index (χ1v) is 8.12. The summed E-state index contributed by atoms with van der Waals surface area (Å²) < 4.78 is 5.41. The van der Waals surface area contributed by atoms with Crippen LogP contribution in [0.3, 0.4) is 0 Å². The highest BCUT2D eigenvalue weighted by molar-refractivity contribution is 5.90. The molecule has 0 unspecified atom stereocenters. The minimum atomic E-state index is -0.409. The zero-order valence-corrected chi connectivity index (χ0v) is 13.4. The molecule has 124 valence electrons. The van der Waals surface area contributed by atoms with Crippen LogP contribution in [0.2, 0.25) is 0 Å². The van der Waals surface area contributed by atoms with Crippen LogP contribution in [-0.4, -0.2) is 49.6 Å². The summed E-state index contributed by atoms with van der Waals surface area (Å²) in [5.74, 6) is 1.52. The Balaban J connectivity index is 1.52. The van der Waals surface area contributed by atoms with Gasteiger partial charge in [-0.3, -0.25) is 4.79 Å². The fraction of sp³-hybridized carbons (Fsp3) is 0.529. The molecule has 0 bridgehead atoms. The molecular weight excluding hydrogens is 294 g/mol. The maximum Gasteiger partial charge on any atom is 0.315 e. The molecule has 3 amide bonds. The molecule has 1 aromatic carbocycles. The average Bonchev–Trinajstić information content (AvgIpc) is 3.02. The number of likely N-dealkylation sites (tertiary alicyclic amines) is 1. The first kappa shape index (κ1) is 15.6. The summed E-state index contributed by atoms with van der Waals surface area (Å²) in [6, 6.07) is 7.45. The lowest BCUT2D eigenvalue weighted by atomic mass is 9.89. The molecular formula is C17H23N3O3. The molecule has 1 aromatic rings. The molecule has 2 heterocycles. The standard InChI is InChI=1S/C17H23N3O3/c1-23-15-5-3-2-4-13(15)10-12-6-8-20(9-7-12)16(21)14-11-18-17(22)19-14/h2-5,12,14H,6-11H2,1H3,(H2,18,19,22)/t14-/m1/s1. The van der Waals surface area contributed by atoms with Gasteiger partial charge in [0.1, 0.15) is 11.8 Å². The summed E-state index contributed by atoms with van der Waals surface area (Å²) in [6.07, 6.45) is 2.95. The number of hydrogen-bond donors (Lipinski definition) is 2. The number of urea groups is 1. The van der Waals surface area contributed by atoms with Gasteiger partial charge in [0.15, 0.2) is 0 Å². The number of nitrogens with one attached hydrogen (secondary N) is 2. The predicted octanol–water partition coefficient (Wildman–Crippen LogP) is 1.16. The second-order valence-electron chi connectivity index (χ2n) is 6.19. The van der Waals surface area contributed by atoms with Crippen molar-refractivity contribution in [3.05, 3.63) is 29.8 Å². The third-order valence-corrected chi connectivity index (χ3v) is 4.70. The van der Waals surface area contributed by atoms with Crippen LogP contribution in [0, 0.1) is 5.92 Å². The number of hydrogen-bond acceptors (Lipinski definition) is 3. The molecule has 2 saturated heterocycles. The first-order valence-electron chi connectivity index (χ1n) is 8.12. The fourth-order valence-electron chi connectivity index (χ4n) is 3.36. The van der Waals surface area contributed by atoms with Gasteiger partial charge in [-0.15, -0.1) is 0 Å². The highest BCUT2D eigenvalue weighted by Crippen LogP contribution is 2.26. The fourth-order valence-corrected chi connectivity index (χ4v) is 3.36. The van der Waals surface area contributed by atoms with E-state index in [0.29, 0.717) is 12.5 Å². The lowest BCUT2D eigenvalue weighted by Crippen LogP contribution is -2.48. The van der Waals surface area contributed by atoms with Crippen molar-refractivity contribution in [3.63, 3.8) is 0 Å². The zero-order chi connectivity index (χ0) is 16.2. The smallest absolute Gasteiger partial charge is 0.315 e. The van der Waals surface area contributed by atoms with Gasteiger partial charge in [-0.1, -0.05) is 18.2 Å². The second-order valence-corrected chi connectivity index (χ2v) is 6.19. The van der Waals surface area contributed by atoms with E-state index in [1.54, 1.807) is 7.11 Å². The number of carbonyl (C=O) groups excluding carboxylic acids is 2. The Kier molecular flexibility index (Phi) is 4.69. The van der Waals surface area contributed by atoms with E-state index < -0.39 is 6.04 Å². The van der Waals surface area contributed by atoms with Crippen LogP contribution in [0.15, 0.2) is 24.3 Å². The molecule has 0 aliphatic carbocycles. The number of carbonyl (C=O) groups is 2. The quantitative estimate of drug-likeness (QED) is 0.875. The maximum absolute atomic E-state index is 12.4. The molecule has 0 radical (unpaired) electrons. The van der Waals surface area contributed by atoms with Gasteiger partial charge in [-0.2, -0.15) is 0 Å². The Hall–Kier alpha value is -2.24. The number of methoxy groups -OCH3 is 1. The van der Waals surface area contributed by atoms with Gasteiger partial charge < -0.3 is 20.3 Å². The topological polar surface area (TPSA) is 70.7 Å². The van der Waals surface area contributed by atoms with Gasteiger partial charge in [-0.25, -0.2) is 4.79 Å². The number of para-hydroxylation sites is 1. The second kappa shape index (κ2) is 6.89. The lowest BCUT2D eigenvalue weighted by Gasteiger charge is -2.33. The molecule has 23 heavy (non-hydrogen) atoms. The Morgan fingerprint density at radius 2 is 2.04 bits per heavy atom. The van der Waals surface area contributed by atoms with E-state index in [2.05, 4.69) is 16.7 Å². The van der Waals surface area contributed by atoms with E-state index in [0.717, 1.165) is 38.1 Å². The molecule has 6 nitrogen and oxygen atoms in total. The molecule has 0 saturated carbocycles. The van der Waals surface area contributed by atoms with E-state index in [9.17, 15) is 9.59 Å². The van der Waals surface area contributed by atoms with Crippen LogP contribution in [0.25, 0.3) is 0 Å². The summed E-state index contributed by atoms with van der Waals surface area (Å²) in [7, 11) is 1.70. The third-order valence-electron chi connectivity index (χ3n) is 4.70. The number of benzene rings is 1. The van der Waals surface area contributed by atoms with Crippen LogP contribution in [0.4, 0.5) is 4.79 Å². The van der Waals surface area contributed by atoms with Crippen LogP contribution in [-0.2, 0) is 11.2 Å². The van der Waals surface area contributed by atoms with Crippen LogP contribution >= 0.6 is 0 Å². The highest BCUT2D eigenvalue weighted by Gasteiger charge is 2.32. The molecule has 3 rings (SSSR count). The van der Waals surface area contributed by atoms with Crippen molar-refractivity contribution in [1.82, 2.24) is 15.5 Å². The van der Waals surface area contributed by atoms with Crippen LogP contribution in [0.5, 0.6) is 5.75 Å². The molecule has 2 fully saturated rings. The molecule has 2 aliphatic rings. The minimum Gasteiger partial charge on any atom is -0.496 e. The highest BCUT2D eigenvalue weighted by atomic mass is 16.5. The number of amides is 3. The molecule has 0 spiro atoms. The van der Waals surface area contributed by atoms with E-state index in [1.165, 1.54) is 5.56 Å². The van der Waals surface area contributed by atoms with Gasteiger partial charge in [0, 0.05) is 19.6 Å². The Bertz CT molecular complexity index is 582. The zero-order valence-electron chi connectivity index (χ0n) is 13.4. The van der Waals surface area contributed by atoms with E-state index in [-0.39, 0.29) is 11.9 Å². The van der Waals surface area contributed by atoms with E-state index >= 15 is 0 Å². The van der Waals surface area contributed by atoms with Gasteiger partial charge >= 0.3 is 6.03 Å². The Labute approximate surface area is 136 Å². The number of nitrogens with zero attached hydrogens (tertiary/aromatic N) is 1. The number of rotatable bonds is 4. The third kappa shape index (κ3) is 3.57. The normalized spacial score (nSPS) is 21.7. The molecule has 2 aliphatic heterocycles. The molecule has 6 heteroatoms. The van der Waals surface area contributed by atoms with Crippen molar-refractivity contribution in [3.8, 4) is 5.75 Å². The van der Waals surface area contributed by atoms with Crippen molar-refractivity contribution in [2.45, 2.75) is 25.3 Å². The largest absolute Gasteiger partial charge is 0.496 e. The van der Waals surface area contributed by atoms with Crippen molar-refractivity contribution in [1.29, 1.82) is 0 Å². The van der Waals surface area contributed by atoms with Crippen LogP contribution < -0.4 is 15.4 Å². The Morgan fingerprint density at radius 3 is 2.70 bits per heavy atom. The van der Waals surface area contributed by atoms with Gasteiger partial charge in [0.2, 0.25) is 5.91 Å². The average molecular weight is 317 g/mol. The van der Waals surface area contributed by atoms with E-state index in [4.69, 9.17) is 4.74 Å². The van der Waals surface area contributed by atoms with Gasteiger partial charge in [-0.05, 0) is 36.8 Å². The van der Waals surface area contributed by atoms with Crippen molar-refractivity contribution in [2.75, 3.05) is 26.7 Å². The summed E-state index contributed by atoms with van der Waals surface area (Å²) in [4.78, 5) is 25.4. The van der Waals surface area contributed by atoms with Crippen molar-refractivity contribution in [2.24, 2.45) is 5.92 Å². The van der Waals surface area contributed by atoms with Crippen molar-refractivity contribution < 1.29 is 14.3 Å². The van der Waals surface area contributed by atoms with Gasteiger partial charge in [0.25, 0.3) is 0 Å². The summed E-state index contributed by atoms with van der Waals surface area (Å²) >= 11 is 0. The Morgan fingerprint density at radius 1 is 1.30 bits per heavy atom. The van der Waals surface area contributed by atoms with Crippen LogP contribution in [0.1, 0.15) is 18.4 Å². The minimum absolute atomic E-state index is 0.0269. The van der Waals surface area contributed by atoms with Crippen molar-refractivity contribution >= 4 is 11.9 Å². The van der Waals surface area contributed by atoms with Gasteiger partial charge in [0.05, 0.1) is 7.11 Å². The maximum atomic E-state index is 12.4. The number of ether oxygens (including phenoxy) is 1. The molecule has 2 N–H and O–H groups in total. The summed E-state index contributed by atoms with van der Waals surface area (Å²) in [5, 5.41) is 5.29. The molecule has 1 atom stereocenters. The lowest BCUT2D eigenvalue weighted by molar-refractivity contribution is -0.134. The van der Waals surface area contributed by atoms with E-state index in [1.807, 2.05) is 23.1 Å². The number of piperidine rings is 1. The summed E-state index contributed by atoms with van der Waals surface area (Å²) in [5.41, 5.74) is 1.23. The SMILES string of the molecule is COc1ccccc1CC1CCN(C(=O)[C@H]2CNC(=O)N2)CC1. The summed E-state index contributed by atoms with van der Waals surface area (Å²) in [6.45, 7) is 1.90. The predicted molar refractivity (Wildman–Crippen MR) is 86.3 cm³/mol.